The van der Waals surface area contributed by atoms with Crippen LogP contribution in [-0.2, 0) is 17.8 Å². The van der Waals surface area contributed by atoms with Gasteiger partial charge in [0, 0.05) is 11.1 Å². The van der Waals surface area contributed by atoms with Gasteiger partial charge in [0.15, 0.2) is 5.84 Å². The molecule has 0 spiro atoms. The summed E-state index contributed by atoms with van der Waals surface area (Å²) in [6.07, 6.45) is 2.75. The van der Waals surface area contributed by atoms with E-state index in [1.807, 2.05) is 20.0 Å². The standard InChI is InChI=1S/C12H20N4O2S/c1-4-8-5-14-9(19-8)6-15-12(17)10(7(2)3)11(13)16-18/h5,7,10,18H,4,6H2,1-3H3,(H2,13,16)(H,15,17). The van der Waals surface area contributed by atoms with E-state index in [1.54, 1.807) is 11.3 Å². The molecule has 4 N–H and O–H groups in total. The maximum Gasteiger partial charge on any atom is 0.231 e. The van der Waals surface area contributed by atoms with Gasteiger partial charge in [-0.25, -0.2) is 4.98 Å². The molecule has 1 aromatic rings. The molecule has 0 radical (unpaired) electrons. The molecule has 1 amide bonds. The molecule has 0 aromatic carbocycles. The zero-order valence-electron chi connectivity index (χ0n) is 11.4. The van der Waals surface area contributed by atoms with E-state index in [0.717, 1.165) is 11.4 Å². The molecule has 0 aliphatic heterocycles. The Labute approximate surface area is 116 Å². The number of nitrogens with two attached hydrogens (primary N) is 1. The number of hydrogen-bond donors (Lipinski definition) is 3. The number of carbonyl (C=O) groups is 1. The van der Waals surface area contributed by atoms with Crippen LogP contribution in [0, 0.1) is 11.8 Å². The molecular formula is C12H20N4O2S. The number of thiazole rings is 1. The lowest BCUT2D eigenvalue weighted by Gasteiger charge is -2.18. The van der Waals surface area contributed by atoms with Crippen molar-refractivity contribution in [3.05, 3.63) is 16.1 Å². The van der Waals surface area contributed by atoms with Gasteiger partial charge in [0.2, 0.25) is 5.91 Å². The number of nitrogens with zero attached hydrogens (tertiary/aromatic N) is 2. The number of carbonyl (C=O) groups excluding carboxylic acids is 1. The first-order valence-electron chi connectivity index (χ1n) is 6.18. The van der Waals surface area contributed by atoms with Gasteiger partial charge in [0.25, 0.3) is 0 Å². The fourth-order valence-electron chi connectivity index (χ4n) is 1.71. The topological polar surface area (TPSA) is 101 Å². The Balaban J connectivity index is 2.62. The van der Waals surface area contributed by atoms with E-state index < -0.39 is 5.92 Å². The predicted molar refractivity (Wildman–Crippen MR) is 75.1 cm³/mol. The SMILES string of the molecule is CCc1cnc(CNC(=O)C(C(N)=NO)C(C)C)s1. The number of aryl methyl sites for hydroxylation is 1. The van der Waals surface area contributed by atoms with Crippen molar-refractivity contribution in [3.63, 3.8) is 0 Å². The lowest BCUT2D eigenvalue weighted by atomic mass is 9.94. The molecule has 0 saturated heterocycles. The van der Waals surface area contributed by atoms with Gasteiger partial charge in [0.1, 0.15) is 10.9 Å². The fraction of sp³-hybridized carbons (Fsp3) is 0.583. The Kier molecular flexibility index (Phi) is 5.75. The average molecular weight is 284 g/mol. The Hall–Kier alpha value is -1.63. The van der Waals surface area contributed by atoms with Gasteiger partial charge in [-0.2, -0.15) is 0 Å². The predicted octanol–water partition coefficient (Wildman–Crippen LogP) is 1.34. The number of oxime groups is 1. The molecule has 0 bridgehead atoms. The molecule has 19 heavy (non-hydrogen) atoms. The Morgan fingerprint density at radius 1 is 1.63 bits per heavy atom. The summed E-state index contributed by atoms with van der Waals surface area (Å²) in [6, 6.07) is 0. The largest absolute Gasteiger partial charge is 0.409 e. The molecule has 1 unspecified atom stereocenters. The van der Waals surface area contributed by atoms with Crippen LogP contribution in [-0.4, -0.2) is 21.9 Å². The zero-order chi connectivity index (χ0) is 14.4. The molecular weight excluding hydrogens is 264 g/mol. The first-order chi connectivity index (χ1) is 8.99. The van der Waals surface area contributed by atoms with E-state index in [1.165, 1.54) is 4.88 Å². The van der Waals surface area contributed by atoms with E-state index in [0.29, 0.717) is 6.54 Å². The monoisotopic (exact) mass is 284 g/mol. The maximum absolute atomic E-state index is 12.0. The van der Waals surface area contributed by atoms with Gasteiger partial charge in [-0.15, -0.1) is 11.3 Å². The quantitative estimate of drug-likeness (QED) is 0.317. The van der Waals surface area contributed by atoms with E-state index >= 15 is 0 Å². The highest BCUT2D eigenvalue weighted by atomic mass is 32.1. The molecule has 1 atom stereocenters. The highest BCUT2D eigenvalue weighted by Crippen LogP contribution is 2.14. The minimum absolute atomic E-state index is 0.0432. The van der Waals surface area contributed by atoms with E-state index in [-0.39, 0.29) is 17.7 Å². The molecule has 7 heteroatoms. The van der Waals surface area contributed by atoms with Crippen LogP contribution in [0.3, 0.4) is 0 Å². The third-order valence-corrected chi connectivity index (χ3v) is 3.89. The van der Waals surface area contributed by atoms with Gasteiger partial charge in [-0.3, -0.25) is 4.79 Å². The highest BCUT2D eigenvalue weighted by Gasteiger charge is 2.26. The molecule has 0 saturated carbocycles. The first kappa shape index (κ1) is 15.4. The van der Waals surface area contributed by atoms with Crippen molar-refractivity contribution >= 4 is 23.1 Å². The lowest BCUT2D eigenvalue weighted by Crippen LogP contribution is -2.41. The minimum atomic E-state index is -0.629. The molecule has 0 fully saturated rings. The van der Waals surface area contributed by atoms with Crippen molar-refractivity contribution in [1.29, 1.82) is 0 Å². The van der Waals surface area contributed by atoms with Crippen LogP contribution in [0.15, 0.2) is 11.4 Å². The Morgan fingerprint density at radius 2 is 2.32 bits per heavy atom. The zero-order valence-corrected chi connectivity index (χ0v) is 12.2. The summed E-state index contributed by atoms with van der Waals surface area (Å²) < 4.78 is 0. The van der Waals surface area contributed by atoms with Crippen LogP contribution in [0.4, 0.5) is 0 Å². The van der Waals surface area contributed by atoms with Crippen LogP contribution in [0.5, 0.6) is 0 Å². The molecule has 0 aliphatic rings. The lowest BCUT2D eigenvalue weighted by molar-refractivity contribution is -0.124. The normalized spacial score (nSPS) is 13.6. The molecule has 6 nitrogen and oxygen atoms in total. The van der Waals surface area contributed by atoms with Crippen molar-refractivity contribution in [3.8, 4) is 0 Å². The maximum atomic E-state index is 12.0. The van der Waals surface area contributed by atoms with Crippen molar-refractivity contribution in [2.75, 3.05) is 0 Å². The molecule has 1 rings (SSSR count). The van der Waals surface area contributed by atoms with Crippen molar-refractivity contribution in [2.45, 2.75) is 33.7 Å². The highest BCUT2D eigenvalue weighted by molar-refractivity contribution is 7.11. The number of aromatic nitrogens is 1. The third-order valence-electron chi connectivity index (χ3n) is 2.75. The van der Waals surface area contributed by atoms with Gasteiger partial charge >= 0.3 is 0 Å². The average Bonchev–Trinajstić information content (AvgIpc) is 2.83. The summed E-state index contributed by atoms with van der Waals surface area (Å²) in [4.78, 5) is 17.4. The molecule has 106 valence electrons. The summed E-state index contributed by atoms with van der Waals surface area (Å²) in [5.41, 5.74) is 5.54. The number of amidine groups is 1. The summed E-state index contributed by atoms with van der Waals surface area (Å²) in [7, 11) is 0. The van der Waals surface area contributed by atoms with Crippen molar-refractivity contribution in [2.24, 2.45) is 22.7 Å². The summed E-state index contributed by atoms with van der Waals surface area (Å²) in [5.74, 6) is -0.992. The van der Waals surface area contributed by atoms with E-state index in [9.17, 15) is 4.79 Å². The Morgan fingerprint density at radius 3 is 2.79 bits per heavy atom. The van der Waals surface area contributed by atoms with Crippen molar-refractivity contribution in [1.82, 2.24) is 10.3 Å². The summed E-state index contributed by atoms with van der Waals surface area (Å²) in [5, 5.41) is 15.2. The Bertz CT molecular complexity index is 456. The van der Waals surface area contributed by atoms with Crippen LogP contribution in [0.25, 0.3) is 0 Å². The van der Waals surface area contributed by atoms with Gasteiger partial charge in [0.05, 0.1) is 6.54 Å². The second kappa shape index (κ2) is 7.08. The fourth-order valence-corrected chi connectivity index (χ4v) is 2.51. The summed E-state index contributed by atoms with van der Waals surface area (Å²) >= 11 is 1.57. The van der Waals surface area contributed by atoms with Gasteiger partial charge < -0.3 is 16.3 Å². The number of hydrogen-bond acceptors (Lipinski definition) is 5. The van der Waals surface area contributed by atoms with E-state index in [2.05, 4.69) is 22.4 Å². The van der Waals surface area contributed by atoms with Crippen LogP contribution in [0.2, 0.25) is 0 Å². The number of nitrogens with one attached hydrogen (secondary N) is 1. The smallest absolute Gasteiger partial charge is 0.231 e. The third kappa shape index (κ3) is 4.20. The number of rotatable bonds is 6. The number of amides is 1. The summed E-state index contributed by atoms with van der Waals surface area (Å²) in [6.45, 7) is 6.12. The van der Waals surface area contributed by atoms with Crippen molar-refractivity contribution < 1.29 is 10.0 Å². The van der Waals surface area contributed by atoms with E-state index in [4.69, 9.17) is 10.9 Å². The van der Waals surface area contributed by atoms with Gasteiger partial charge in [-0.1, -0.05) is 25.9 Å². The minimum Gasteiger partial charge on any atom is -0.409 e. The molecule has 1 aromatic heterocycles. The molecule has 1 heterocycles. The first-order valence-corrected chi connectivity index (χ1v) is 6.99. The molecule has 0 aliphatic carbocycles. The van der Waals surface area contributed by atoms with Crippen LogP contribution >= 0.6 is 11.3 Å². The van der Waals surface area contributed by atoms with Crippen LogP contribution < -0.4 is 11.1 Å². The second-order valence-electron chi connectivity index (χ2n) is 4.54. The van der Waals surface area contributed by atoms with Gasteiger partial charge in [-0.05, 0) is 12.3 Å². The second-order valence-corrected chi connectivity index (χ2v) is 5.74. The van der Waals surface area contributed by atoms with Crippen LogP contribution in [0.1, 0.15) is 30.7 Å².